The summed E-state index contributed by atoms with van der Waals surface area (Å²) in [6.07, 6.45) is 4.36. The Morgan fingerprint density at radius 3 is 2.69 bits per heavy atom. The number of rotatable bonds is 6. The molecule has 3 aromatic rings. The van der Waals surface area contributed by atoms with Gasteiger partial charge in [0.05, 0.1) is 13.3 Å². The zero-order valence-electron chi connectivity index (χ0n) is 14.9. The van der Waals surface area contributed by atoms with E-state index in [-0.39, 0.29) is 0 Å². The number of likely N-dealkylation sites (tertiary alicyclic amines) is 1. The van der Waals surface area contributed by atoms with Crippen LogP contribution in [0.4, 0.5) is 11.7 Å². The number of methoxy groups -OCH3 is 1. The quantitative estimate of drug-likeness (QED) is 0.700. The highest BCUT2D eigenvalue weighted by molar-refractivity contribution is 5.61. The van der Waals surface area contributed by atoms with E-state index in [1.807, 2.05) is 24.3 Å². The van der Waals surface area contributed by atoms with Crippen molar-refractivity contribution in [1.82, 2.24) is 9.88 Å². The van der Waals surface area contributed by atoms with Gasteiger partial charge in [-0.05, 0) is 55.8 Å². The van der Waals surface area contributed by atoms with E-state index in [2.05, 4.69) is 39.5 Å². The van der Waals surface area contributed by atoms with Crippen LogP contribution in [0.25, 0.3) is 11.3 Å². The lowest BCUT2D eigenvalue weighted by Gasteiger charge is -2.14. The van der Waals surface area contributed by atoms with Crippen molar-refractivity contribution >= 4 is 11.7 Å². The predicted octanol–water partition coefficient (Wildman–Crippen LogP) is 4.69. The molecule has 2 heterocycles. The van der Waals surface area contributed by atoms with Gasteiger partial charge in [-0.3, -0.25) is 4.90 Å². The van der Waals surface area contributed by atoms with E-state index >= 15 is 0 Å². The third kappa shape index (κ3) is 3.89. The van der Waals surface area contributed by atoms with E-state index in [9.17, 15) is 0 Å². The zero-order chi connectivity index (χ0) is 17.8. The summed E-state index contributed by atoms with van der Waals surface area (Å²) in [5.41, 5.74) is 3.24. The highest BCUT2D eigenvalue weighted by Gasteiger charge is 2.12. The first-order valence-corrected chi connectivity index (χ1v) is 8.99. The second-order valence-electron chi connectivity index (χ2n) is 6.57. The van der Waals surface area contributed by atoms with Gasteiger partial charge in [0.15, 0.2) is 5.76 Å². The average molecular weight is 349 g/mol. The number of oxazole rings is 1. The lowest BCUT2D eigenvalue weighted by atomic mass is 10.2. The molecule has 26 heavy (non-hydrogen) atoms. The molecule has 1 fully saturated rings. The maximum absolute atomic E-state index is 5.82. The van der Waals surface area contributed by atoms with Crippen LogP contribution < -0.4 is 10.1 Å². The van der Waals surface area contributed by atoms with Gasteiger partial charge in [0.2, 0.25) is 0 Å². The Morgan fingerprint density at radius 1 is 1.12 bits per heavy atom. The number of hydrogen-bond acceptors (Lipinski definition) is 5. The fourth-order valence-electron chi connectivity index (χ4n) is 3.26. The summed E-state index contributed by atoms with van der Waals surface area (Å²) in [7, 11) is 1.65. The molecule has 1 N–H and O–H groups in total. The number of benzene rings is 2. The molecule has 1 aliphatic rings. The van der Waals surface area contributed by atoms with Gasteiger partial charge in [-0.1, -0.05) is 24.3 Å². The molecule has 1 aromatic heterocycles. The third-order valence-corrected chi connectivity index (χ3v) is 4.67. The minimum absolute atomic E-state index is 0.482. The van der Waals surface area contributed by atoms with Crippen molar-refractivity contribution in [3.63, 3.8) is 0 Å². The Labute approximate surface area is 153 Å². The van der Waals surface area contributed by atoms with Crippen LogP contribution >= 0.6 is 0 Å². The maximum atomic E-state index is 5.82. The summed E-state index contributed by atoms with van der Waals surface area (Å²) < 4.78 is 11.1. The fraction of sp³-hybridized carbons (Fsp3) is 0.286. The maximum Gasteiger partial charge on any atom is 0.299 e. The number of aromatic nitrogens is 1. The number of hydrogen-bond donors (Lipinski definition) is 1. The van der Waals surface area contributed by atoms with Crippen molar-refractivity contribution in [3.8, 4) is 17.1 Å². The van der Waals surface area contributed by atoms with Crippen molar-refractivity contribution < 1.29 is 9.15 Å². The summed E-state index contributed by atoms with van der Waals surface area (Å²) in [5, 5.41) is 3.22. The van der Waals surface area contributed by atoms with Crippen LogP contribution in [0, 0.1) is 0 Å². The van der Waals surface area contributed by atoms with Crippen molar-refractivity contribution in [2.24, 2.45) is 0 Å². The summed E-state index contributed by atoms with van der Waals surface area (Å²) in [6.45, 7) is 3.45. The van der Waals surface area contributed by atoms with Crippen LogP contribution in [0.3, 0.4) is 0 Å². The summed E-state index contributed by atoms with van der Waals surface area (Å²) >= 11 is 0. The van der Waals surface area contributed by atoms with Crippen LogP contribution in [0.15, 0.2) is 59.1 Å². The van der Waals surface area contributed by atoms with E-state index < -0.39 is 0 Å². The van der Waals surface area contributed by atoms with Crippen LogP contribution in [0.1, 0.15) is 18.4 Å². The Hall–Kier alpha value is -2.79. The summed E-state index contributed by atoms with van der Waals surface area (Å²) in [6, 6.07) is 16.7. The van der Waals surface area contributed by atoms with Gasteiger partial charge in [-0.2, -0.15) is 0 Å². The van der Waals surface area contributed by atoms with Gasteiger partial charge in [0.1, 0.15) is 5.75 Å². The SMILES string of the molecule is COc1cccc(-c2cnc(Nc3ccc(CN4CCCC4)cc3)o2)c1. The normalized spacial score (nSPS) is 14.5. The fourth-order valence-corrected chi connectivity index (χ4v) is 3.26. The highest BCUT2D eigenvalue weighted by Crippen LogP contribution is 2.27. The first-order valence-electron chi connectivity index (χ1n) is 8.99. The highest BCUT2D eigenvalue weighted by atomic mass is 16.5. The van der Waals surface area contributed by atoms with E-state index in [4.69, 9.17) is 9.15 Å². The molecule has 0 spiro atoms. The van der Waals surface area contributed by atoms with Crippen LogP contribution in [-0.2, 0) is 6.54 Å². The second-order valence-corrected chi connectivity index (χ2v) is 6.57. The molecule has 2 aromatic carbocycles. The number of nitrogens with zero attached hydrogens (tertiary/aromatic N) is 2. The molecule has 0 radical (unpaired) electrons. The lowest BCUT2D eigenvalue weighted by molar-refractivity contribution is 0.331. The van der Waals surface area contributed by atoms with Crippen LogP contribution in [-0.4, -0.2) is 30.1 Å². The minimum atomic E-state index is 0.482. The van der Waals surface area contributed by atoms with Gasteiger partial charge in [0.25, 0.3) is 6.01 Å². The van der Waals surface area contributed by atoms with Gasteiger partial charge < -0.3 is 14.5 Å². The molecule has 134 valence electrons. The topological polar surface area (TPSA) is 50.5 Å². The standard InChI is InChI=1S/C21H23N3O2/c1-25-19-6-4-5-17(13-19)20-14-22-21(26-20)23-18-9-7-16(8-10-18)15-24-11-2-3-12-24/h4-10,13-14H,2-3,11-12,15H2,1H3,(H,22,23). The Morgan fingerprint density at radius 2 is 1.92 bits per heavy atom. The molecular formula is C21H23N3O2. The minimum Gasteiger partial charge on any atom is -0.497 e. The lowest BCUT2D eigenvalue weighted by Crippen LogP contribution is -2.18. The Balaban J connectivity index is 1.42. The van der Waals surface area contributed by atoms with Crippen molar-refractivity contribution in [2.75, 3.05) is 25.5 Å². The molecule has 1 saturated heterocycles. The van der Waals surface area contributed by atoms with Gasteiger partial charge in [-0.25, -0.2) is 4.98 Å². The molecule has 0 bridgehead atoms. The van der Waals surface area contributed by atoms with Crippen molar-refractivity contribution in [2.45, 2.75) is 19.4 Å². The number of nitrogens with one attached hydrogen (secondary N) is 1. The summed E-state index contributed by atoms with van der Waals surface area (Å²) in [5.74, 6) is 1.50. The predicted molar refractivity (Wildman–Crippen MR) is 103 cm³/mol. The Kier molecular flexibility index (Phi) is 4.88. The molecular weight excluding hydrogens is 326 g/mol. The molecule has 0 saturated carbocycles. The largest absolute Gasteiger partial charge is 0.497 e. The van der Waals surface area contributed by atoms with E-state index in [0.717, 1.165) is 23.5 Å². The van der Waals surface area contributed by atoms with E-state index in [1.165, 1.54) is 31.5 Å². The third-order valence-electron chi connectivity index (χ3n) is 4.67. The molecule has 4 rings (SSSR count). The molecule has 5 heteroatoms. The number of anilines is 2. The summed E-state index contributed by atoms with van der Waals surface area (Å²) in [4.78, 5) is 6.82. The van der Waals surface area contributed by atoms with Gasteiger partial charge in [0, 0.05) is 17.8 Å². The van der Waals surface area contributed by atoms with E-state index in [1.54, 1.807) is 13.3 Å². The first kappa shape index (κ1) is 16.7. The molecule has 0 unspecified atom stereocenters. The number of ether oxygens (including phenoxy) is 1. The molecule has 0 aliphatic carbocycles. The monoisotopic (exact) mass is 349 g/mol. The zero-order valence-corrected chi connectivity index (χ0v) is 14.9. The van der Waals surface area contributed by atoms with Gasteiger partial charge >= 0.3 is 0 Å². The average Bonchev–Trinajstić information content (AvgIpc) is 3.35. The molecule has 1 aliphatic heterocycles. The smallest absolute Gasteiger partial charge is 0.299 e. The van der Waals surface area contributed by atoms with Crippen LogP contribution in [0.2, 0.25) is 0 Å². The Bertz CT molecular complexity index is 852. The molecule has 0 atom stereocenters. The van der Waals surface area contributed by atoms with Gasteiger partial charge in [-0.15, -0.1) is 0 Å². The molecule has 5 nitrogen and oxygen atoms in total. The van der Waals surface area contributed by atoms with Crippen LogP contribution in [0.5, 0.6) is 5.75 Å². The molecule has 0 amide bonds. The van der Waals surface area contributed by atoms with E-state index in [0.29, 0.717) is 11.8 Å². The van der Waals surface area contributed by atoms with Crippen molar-refractivity contribution in [3.05, 3.63) is 60.3 Å². The first-order chi connectivity index (χ1) is 12.8. The van der Waals surface area contributed by atoms with Crippen molar-refractivity contribution in [1.29, 1.82) is 0 Å². The second kappa shape index (κ2) is 7.62.